The third kappa shape index (κ3) is 2.19. The van der Waals surface area contributed by atoms with Crippen LogP contribution in [0, 0.1) is 0 Å². The van der Waals surface area contributed by atoms with E-state index in [2.05, 4.69) is 41.0 Å². The first-order valence-electron chi connectivity index (χ1n) is 6.31. The fourth-order valence-corrected chi connectivity index (χ4v) is 2.41. The minimum absolute atomic E-state index is 0.366. The van der Waals surface area contributed by atoms with Crippen LogP contribution in [0.2, 0.25) is 0 Å². The van der Waals surface area contributed by atoms with Gasteiger partial charge in [0.1, 0.15) is 5.75 Å². The second-order valence-electron chi connectivity index (χ2n) is 4.61. The molecule has 1 saturated heterocycles. The van der Waals surface area contributed by atoms with Crippen molar-refractivity contribution in [3.63, 3.8) is 0 Å². The molecule has 93 valence electrons. The Morgan fingerprint density at radius 1 is 1.17 bits per heavy atom. The van der Waals surface area contributed by atoms with E-state index in [4.69, 9.17) is 4.74 Å². The van der Waals surface area contributed by atoms with Crippen molar-refractivity contribution in [1.29, 1.82) is 0 Å². The standard InChI is InChI=1S/C15H17N2O/c1-18-14-5-4-11-8-13(3-2-12(11)9-14)15-10-16-6-7-17-15/h2-5,8-9,15,17H,6-7,10H2,1H3. The van der Waals surface area contributed by atoms with E-state index in [1.807, 2.05) is 6.07 Å². The number of hydrogen-bond donors (Lipinski definition) is 1. The molecular weight excluding hydrogens is 224 g/mol. The maximum Gasteiger partial charge on any atom is 0.119 e. The molecule has 1 atom stereocenters. The summed E-state index contributed by atoms with van der Waals surface area (Å²) in [5, 5.41) is 10.4. The van der Waals surface area contributed by atoms with Crippen molar-refractivity contribution in [1.82, 2.24) is 10.6 Å². The van der Waals surface area contributed by atoms with E-state index in [1.54, 1.807) is 7.11 Å². The van der Waals surface area contributed by atoms with Crippen LogP contribution in [0.25, 0.3) is 10.8 Å². The molecular formula is C15H17N2O. The summed E-state index contributed by atoms with van der Waals surface area (Å²) >= 11 is 0. The van der Waals surface area contributed by atoms with Gasteiger partial charge in [-0.05, 0) is 34.5 Å². The predicted molar refractivity (Wildman–Crippen MR) is 73.1 cm³/mol. The van der Waals surface area contributed by atoms with Crippen LogP contribution in [0.4, 0.5) is 0 Å². The zero-order valence-electron chi connectivity index (χ0n) is 10.5. The molecule has 2 aromatic rings. The highest BCUT2D eigenvalue weighted by atomic mass is 16.5. The Morgan fingerprint density at radius 3 is 2.78 bits per heavy atom. The molecule has 0 saturated carbocycles. The zero-order chi connectivity index (χ0) is 12.4. The van der Waals surface area contributed by atoms with E-state index in [9.17, 15) is 0 Å². The van der Waals surface area contributed by atoms with Crippen LogP contribution in [0.3, 0.4) is 0 Å². The van der Waals surface area contributed by atoms with Gasteiger partial charge in [0.05, 0.1) is 7.11 Å². The van der Waals surface area contributed by atoms with Gasteiger partial charge >= 0.3 is 0 Å². The van der Waals surface area contributed by atoms with E-state index in [-0.39, 0.29) is 0 Å². The molecule has 1 radical (unpaired) electrons. The number of methoxy groups -OCH3 is 1. The number of ether oxygens (including phenoxy) is 1. The summed E-state index contributed by atoms with van der Waals surface area (Å²) in [4.78, 5) is 0. The van der Waals surface area contributed by atoms with Gasteiger partial charge in [-0.15, -0.1) is 0 Å². The third-order valence-corrected chi connectivity index (χ3v) is 3.45. The number of benzene rings is 2. The van der Waals surface area contributed by atoms with Gasteiger partial charge in [-0.2, -0.15) is 0 Å². The zero-order valence-corrected chi connectivity index (χ0v) is 10.5. The van der Waals surface area contributed by atoms with Crippen LogP contribution in [0.15, 0.2) is 36.4 Å². The second kappa shape index (κ2) is 4.96. The summed E-state index contributed by atoms with van der Waals surface area (Å²) in [7, 11) is 1.70. The van der Waals surface area contributed by atoms with Crippen molar-refractivity contribution in [2.45, 2.75) is 6.04 Å². The lowest BCUT2D eigenvalue weighted by Crippen LogP contribution is -2.38. The molecule has 1 aliphatic heterocycles. The van der Waals surface area contributed by atoms with Crippen molar-refractivity contribution >= 4 is 10.8 Å². The van der Waals surface area contributed by atoms with Crippen LogP contribution in [0.1, 0.15) is 11.6 Å². The van der Waals surface area contributed by atoms with Crippen molar-refractivity contribution < 1.29 is 4.74 Å². The minimum Gasteiger partial charge on any atom is -0.497 e. The molecule has 3 rings (SSSR count). The largest absolute Gasteiger partial charge is 0.497 e. The molecule has 0 aliphatic carbocycles. The monoisotopic (exact) mass is 241 g/mol. The normalized spacial score (nSPS) is 19.9. The number of piperazine rings is 1. The summed E-state index contributed by atoms with van der Waals surface area (Å²) in [5.41, 5.74) is 1.32. The van der Waals surface area contributed by atoms with Crippen LogP contribution in [-0.4, -0.2) is 26.7 Å². The van der Waals surface area contributed by atoms with E-state index in [1.165, 1.54) is 16.3 Å². The molecule has 1 N–H and O–H groups in total. The van der Waals surface area contributed by atoms with Crippen molar-refractivity contribution in [2.75, 3.05) is 26.7 Å². The number of nitrogens with zero attached hydrogens (tertiary/aromatic N) is 1. The Balaban J connectivity index is 1.95. The van der Waals surface area contributed by atoms with Gasteiger partial charge in [0, 0.05) is 25.7 Å². The average molecular weight is 241 g/mol. The SMILES string of the molecule is COc1ccc2cc(C3C[N]CCN3)ccc2c1. The minimum atomic E-state index is 0.366. The smallest absolute Gasteiger partial charge is 0.119 e. The molecule has 0 spiro atoms. The molecule has 1 heterocycles. The molecule has 0 amide bonds. The summed E-state index contributed by atoms with van der Waals surface area (Å²) in [5.74, 6) is 0.904. The first kappa shape index (κ1) is 11.5. The summed E-state index contributed by atoms with van der Waals surface area (Å²) in [6.07, 6.45) is 0. The van der Waals surface area contributed by atoms with Crippen molar-refractivity contribution in [3.8, 4) is 5.75 Å². The topological polar surface area (TPSA) is 35.4 Å². The number of hydrogen-bond acceptors (Lipinski definition) is 2. The predicted octanol–water partition coefficient (Wildman–Crippen LogP) is 2.10. The number of nitrogens with one attached hydrogen (secondary N) is 1. The molecule has 3 heteroatoms. The van der Waals surface area contributed by atoms with E-state index in [0.29, 0.717) is 6.04 Å². The lowest BCUT2D eigenvalue weighted by atomic mass is 10.0. The Bertz CT molecular complexity index is 547. The van der Waals surface area contributed by atoms with Crippen molar-refractivity contribution in [3.05, 3.63) is 42.0 Å². The molecule has 1 fully saturated rings. The Morgan fingerprint density at radius 2 is 2.00 bits per heavy atom. The van der Waals surface area contributed by atoms with Crippen LogP contribution in [-0.2, 0) is 0 Å². The first-order valence-corrected chi connectivity index (χ1v) is 6.31. The highest BCUT2D eigenvalue weighted by Crippen LogP contribution is 2.24. The molecule has 0 bridgehead atoms. The van der Waals surface area contributed by atoms with E-state index >= 15 is 0 Å². The lowest BCUT2D eigenvalue weighted by molar-refractivity contribution is 0.415. The van der Waals surface area contributed by atoms with Gasteiger partial charge < -0.3 is 10.1 Å². The molecule has 0 aromatic heterocycles. The first-order chi connectivity index (χ1) is 8.86. The van der Waals surface area contributed by atoms with Crippen molar-refractivity contribution in [2.24, 2.45) is 0 Å². The van der Waals surface area contributed by atoms with Crippen LogP contribution in [0.5, 0.6) is 5.75 Å². The highest BCUT2D eigenvalue weighted by molar-refractivity contribution is 5.84. The van der Waals surface area contributed by atoms with Crippen LogP contribution < -0.4 is 15.4 Å². The lowest BCUT2D eigenvalue weighted by Gasteiger charge is -2.24. The van der Waals surface area contributed by atoms with Gasteiger partial charge in [0.25, 0.3) is 0 Å². The second-order valence-corrected chi connectivity index (χ2v) is 4.61. The molecule has 1 aliphatic rings. The quantitative estimate of drug-likeness (QED) is 0.874. The fraction of sp³-hybridized carbons (Fsp3) is 0.333. The third-order valence-electron chi connectivity index (χ3n) is 3.45. The molecule has 3 nitrogen and oxygen atoms in total. The maximum absolute atomic E-state index is 5.24. The van der Waals surface area contributed by atoms with Gasteiger partial charge in [0.15, 0.2) is 0 Å². The fourth-order valence-electron chi connectivity index (χ4n) is 2.41. The van der Waals surface area contributed by atoms with Gasteiger partial charge in [0.2, 0.25) is 0 Å². The van der Waals surface area contributed by atoms with Gasteiger partial charge in [-0.3, -0.25) is 0 Å². The summed E-state index contributed by atoms with van der Waals surface area (Å²) in [6.45, 7) is 2.79. The Kier molecular flexibility index (Phi) is 3.17. The van der Waals surface area contributed by atoms with Gasteiger partial charge in [-0.1, -0.05) is 18.2 Å². The molecule has 1 unspecified atom stereocenters. The van der Waals surface area contributed by atoms with Crippen LogP contribution >= 0.6 is 0 Å². The van der Waals surface area contributed by atoms with E-state index < -0.39 is 0 Å². The Labute approximate surface area is 107 Å². The van der Waals surface area contributed by atoms with E-state index in [0.717, 1.165) is 25.4 Å². The van der Waals surface area contributed by atoms with Gasteiger partial charge in [-0.25, -0.2) is 5.32 Å². The maximum atomic E-state index is 5.24. The summed E-state index contributed by atoms with van der Waals surface area (Å²) in [6, 6.07) is 13.1. The molecule has 18 heavy (non-hydrogen) atoms. The number of rotatable bonds is 2. The number of fused-ring (bicyclic) bond motifs is 1. The highest BCUT2D eigenvalue weighted by Gasteiger charge is 2.15. The summed E-state index contributed by atoms with van der Waals surface area (Å²) < 4.78 is 5.24. The Hall–Kier alpha value is -1.58. The molecule has 2 aromatic carbocycles. The average Bonchev–Trinajstić information content (AvgIpc) is 2.47.